The Morgan fingerprint density at radius 1 is 0.878 bits per heavy atom. The standard InChI is InChI=1S/C32H36N4O5/c1-40-27-14-12-25(13-15-27)30(38)34-20-17-32(18-21-34)31(39)35(23-36(32)26-9-4-3-5-10-26)22-29(37)33-19-16-24-8-6-7-11-28(24)41-2/h3-15H,16-23H2,1-2H3,(H,33,37). The molecule has 5 rings (SSSR count). The van der Waals surface area contributed by atoms with Gasteiger partial charge in [0, 0.05) is 30.9 Å². The van der Waals surface area contributed by atoms with Gasteiger partial charge >= 0.3 is 0 Å². The second kappa shape index (κ2) is 12.3. The number of nitrogens with one attached hydrogen (secondary N) is 1. The van der Waals surface area contributed by atoms with Gasteiger partial charge in [-0.05, 0) is 67.3 Å². The van der Waals surface area contributed by atoms with Gasteiger partial charge in [0.2, 0.25) is 5.91 Å². The Kier molecular flexibility index (Phi) is 8.42. The summed E-state index contributed by atoms with van der Waals surface area (Å²) in [5.41, 5.74) is 1.72. The summed E-state index contributed by atoms with van der Waals surface area (Å²) in [5.74, 6) is 1.14. The molecule has 2 saturated heterocycles. The number of rotatable bonds is 9. The number of hydrogen-bond acceptors (Lipinski definition) is 6. The van der Waals surface area contributed by atoms with E-state index < -0.39 is 5.54 Å². The number of para-hydroxylation sites is 2. The minimum absolute atomic E-state index is 0.0235. The third kappa shape index (κ3) is 5.84. The number of ether oxygens (including phenoxy) is 2. The van der Waals surface area contributed by atoms with Crippen molar-refractivity contribution in [1.29, 1.82) is 0 Å². The van der Waals surface area contributed by atoms with Crippen LogP contribution in [0, 0.1) is 0 Å². The summed E-state index contributed by atoms with van der Waals surface area (Å²) in [6.07, 6.45) is 1.59. The van der Waals surface area contributed by atoms with Crippen molar-refractivity contribution in [1.82, 2.24) is 15.1 Å². The van der Waals surface area contributed by atoms with Gasteiger partial charge in [-0.25, -0.2) is 0 Å². The molecule has 0 radical (unpaired) electrons. The minimum atomic E-state index is -0.810. The largest absolute Gasteiger partial charge is 0.497 e. The molecule has 2 aliphatic rings. The molecule has 0 unspecified atom stereocenters. The van der Waals surface area contributed by atoms with Crippen LogP contribution in [-0.2, 0) is 16.0 Å². The summed E-state index contributed by atoms with van der Waals surface area (Å²) >= 11 is 0. The van der Waals surface area contributed by atoms with Gasteiger partial charge in [-0.3, -0.25) is 14.4 Å². The fraction of sp³-hybridized carbons (Fsp3) is 0.344. The lowest BCUT2D eigenvalue weighted by Gasteiger charge is -2.43. The average molecular weight is 557 g/mol. The van der Waals surface area contributed by atoms with E-state index in [0.29, 0.717) is 56.9 Å². The molecule has 0 saturated carbocycles. The monoisotopic (exact) mass is 556 g/mol. The number of amides is 3. The number of carbonyl (C=O) groups excluding carboxylic acids is 3. The second-order valence-corrected chi connectivity index (χ2v) is 10.4. The van der Waals surface area contributed by atoms with Crippen LogP contribution in [-0.4, -0.2) is 80.1 Å². The Morgan fingerprint density at radius 3 is 2.24 bits per heavy atom. The molecule has 0 aliphatic carbocycles. The fourth-order valence-corrected chi connectivity index (χ4v) is 5.79. The molecule has 214 valence electrons. The van der Waals surface area contributed by atoms with E-state index in [0.717, 1.165) is 17.0 Å². The third-order valence-electron chi connectivity index (χ3n) is 8.04. The van der Waals surface area contributed by atoms with Crippen molar-refractivity contribution >= 4 is 23.4 Å². The van der Waals surface area contributed by atoms with Gasteiger partial charge in [0.25, 0.3) is 11.8 Å². The van der Waals surface area contributed by atoms with Crippen LogP contribution in [0.2, 0.25) is 0 Å². The average Bonchev–Trinajstić information content (AvgIpc) is 3.27. The van der Waals surface area contributed by atoms with E-state index in [2.05, 4.69) is 10.2 Å². The molecule has 2 aliphatic heterocycles. The molecule has 41 heavy (non-hydrogen) atoms. The quantitative estimate of drug-likeness (QED) is 0.435. The molecule has 9 nitrogen and oxygen atoms in total. The fourth-order valence-electron chi connectivity index (χ4n) is 5.79. The maximum Gasteiger partial charge on any atom is 0.253 e. The van der Waals surface area contributed by atoms with Crippen molar-refractivity contribution < 1.29 is 23.9 Å². The summed E-state index contributed by atoms with van der Waals surface area (Å²) < 4.78 is 10.6. The summed E-state index contributed by atoms with van der Waals surface area (Å²) in [6.45, 7) is 1.62. The lowest BCUT2D eigenvalue weighted by molar-refractivity contribution is -0.137. The Balaban J connectivity index is 1.25. The molecule has 0 atom stereocenters. The molecule has 3 aromatic rings. The highest BCUT2D eigenvalue weighted by Crippen LogP contribution is 2.39. The van der Waals surface area contributed by atoms with Gasteiger partial charge in [0.05, 0.1) is 20.9 Å². The molecular weight excluding hydrogens is 520 g/mol. The number of methoxy groups -OCH3 is 2. The van der Waals surface area contributed by atoms with Gasteiger partial charge in [-0.2, -0.15) is 0 Å². The lowest BCUT2D eigenvalue weighted by atomic mass is 9.85. The molecular formula is C32H36N4O5. The number of carbonyl (C=O) groups is 3. The van der Waals surface area contributed by atoms with Gasteiger partial charge in [0.1, 0.15) is 23.6 Å². The Bertz CT molecular complexity index is 1370. The molecule has 1 N–H and O–H groups in total. The first-order valence-corrected chi connectivity index (χ1v) is 13.9. The van der Waals surface area contributed by atoms with Gasteiger partial charge in [0.15, 0.2) is 0 Å². The number of piperidine rings is 1. The van der Waals surface area contributed by atoms with Crippen LogP contribution in [0.15, 0.2) is 78.9 Å². The van der Waals surface area contributed by atoms with Crippen molar-refractivity contribution in [2.75, 3.05) is 52.0 Å². The Hall–Kier alpha value is -4.53. The Morgan fingerprint density at radius 2 is 1.56 bits per heavy atom. The molecule has 3 aromatic carbocycles. The van der Waals surface area contributed by atoms with E-state index in [1.165, 1.54) is 0 Å². The van der Waals surface area contributed by atoms with Gasteiger partial charge < -0.3 is 29.5 Å². The van der Waals surface area contributed by atoms with Crippen molar-refractivity contribution in [3.8, 4) is 11.5 Å². The van der Waals surface area contributed by atoms with Crippen LogP contribution in [0.5, 0.6) is 11.5 Å². The molecule has 0 bridgehead atoms. The molecule has 1 spiro atoms. The zero-order valence-electron chi connectivity index (χ0n) is 23.5. The second-order valence-electron chi connectivity index (χ2n) is 10.4. The number of nitrogens with zero attached hydrogens (tertiary/aromatic N) is 3. The normalized spacial score (nSPS) is 16.1. The Labute approximate surface area is 240 Å². The summed E-state index contributed by atoms with van der Waals surface area (Å²) in [4.78, 5) is 45.6. The van der Waals surface area contributed by atoms with Gasteiger partial charge in [-0.1, -0.05) is 36.4 Å². The van der Waals surface area contributed by atoms with E-state index in [1.54, 1.807) is 48.3 Å². The van der Waals surface area contributed by atoms with Crippen LogP contribution >= 0.6 is 0 Å². The van der Waals surface area contributed by atoms with E-state index in [1.807, 2.05) is 54.6 Å². The highest BCUT2D eigenvalue weighted by atomic mass is 16.5. The third-order valence-corrected chi connectivity index (χ3v) is 8.04. The SMILES string of the molecule is COc1ccc(C(=O)N2CCC3(CC2)C(=O)N(CC(=O)NCCc2ccccc2OC)CN3c2ccccc2)cc1. The van der Waals surface area contributed by atoms with Gasteiger partial charge in [-0.15, -0.1) is 0 Å². The van der Waals surface area contributed by atoms with Crippen LogP contribution in [0.4, 0.5) is 5.69 Å². The van der Waals surface area contributed by atoms with E-state index >= 15 is 0 Å². The van der Waals surface area contributed by atoms with E-state index in [4.69, 9.17) is 9.47 Å². The lowest BCUT2D eigenvalue weighted by Crippen LogP contribution is -2.57. The van der Waals surface area contributed by atoms with Crippen LogP contribution in [0.25, 0.3) is 0 Å². The number of anilines is 1. The first kappa shape index (κ1) is 28.0. The molecule has 2 fully saturated rings. The first-order chi connectivity index (χ1) is 19.9. The summed E-state index contributed by atoms with van der Waals surface area (Å²) in [7, 11) is 3.22. The van der Waals surface area contributed by atoms with Crippen LogP contribution in [0.3, 0.4) is 0 Å². The predicted octanol–water partition coefficient (Wildman–Crippen LogP) is 3.34. The van der Waals surface area contributed by atoms with E-state index in [9.17, 15) is 14.4 Å². The molecule has 2 heterocycles. The van der Waals surface area contributed by atoms with Crippen molar-refractivity contribution in [3.05, 3.63) is 90.0 Å². The number of hydrogen-bond donors (Lipinski definition) is 1. The molecule has 0 aromatic heterocycles. The van der Waals surface area contributed by atoms with Crippen molar-refractivity contribution in [3.63, 3.8) is 0 Å². The smallest absolute Gasteiger partial charge is 0.253 e. The zero-order chi connectivity index (χ0) is 28.8. The maximum atomic E-state index is 14.0. The van der Waals surface area contributed by atoms with Crippen molar-refractivity contribution in [2.45, 2.75) is 24.8 Å². The maximum absolute atomic E-state index is 14.0. The minimum Gasteiger partial charge on any atom is -0.497 e. The number of likely N-dealkylation sites (tertiary alicyclic amines) is 1. The highest BCUT2D eigenvalue weighted by molar-refractivity contribution is 5.97. The summed E-state index contributed by atoms with van der Waals surface area (Å²) in [5, 5.41) is 2.96. The van der Waals surface area contributed by atoms with Crippen molar-refractivity contribution in [2.24, 2.45) is 0 Å². The predicted molar refractivity (Wildman–Crippen MR) is 156 cm³/mol. The van der Waals surface area contributed by atoms with E-state index in [-0.39, 0.29) is 24.3 Å². The number of benzene rings is 3. The molecule has 9 heteroatoms. The first-order valence-electron chi connectivity index (χ1n) is 13.9. The van der Waals surface area contributed by atoms with Crippen LogP contribution in [0.1, 0.15) is 28.8 Å². The molecule has 3 amide bonds. The summed E-state index contributed by atoms with van der Waals surface area (Å²) in [6, 6.07) is 24.6. The van der Waals surface area contributed by atoms with Crippen LogP contribution < -0.4 is 19.7 Å². The zero-order valence-corrected chi connectivity index (χ0v) is 23.5. The topological polar surface area (TPSA) is 91.4 Å². The highest BCUT2D eigenvalue weighted by Gasteiger charge is 2.54.